The van der Waals surface area contributed by atoms with Crippen LogP contribution in [0.1, 0.15) is 37.6 Å². The second-order valence-electron chi connectivity index (χ2n) is 3.33. The summed E-state index contributed by atoms with van der Waals surface area (Å²) in [6.07, 6.45) is 3.59. The Balaban J connectivity index is 2.47. The van der Waals surface area contributed by atoms with Gasteiger partial charge in [0.15, 0.2) is 0 Å². The molecule has 0 aliphatic rings. The molecule has 0 saturated carbocycles. The molecule has 80 valence electrons. The highest BCUT2D eigenvalue weighted by molar-refractivity contribution is 5.21. The fraction of sp³-hybridized carbons (Fsp3) is 0.636. The van der Waals surface area contributed by atoms with Crippen LogP contribution in [0, 0.1) is 0 Å². The standard InChI is InChI=1S/C11H19NO2/c1-3-6-13-8-10(12)9-5-7-14-11(9)4-2/h5,7,10H,3-4,6,8,12H2,1-2H3. The lowest BCUT2D eigenvalue weighted by molar-refractivity contribution is 0.121. The average molecular weight is 197 g/mol. The van der Waals surface area contributed by atoms with Crippen molar-refractivity contribution in [3.8, 4) is 0 Å². The molecule has 0 saturated heterocycles. The lowest BCUT2D eigenvalue weighted by atomic mass is 10.1. The third kappa shape index (κ3) is 2.86. The molecule has 1 heterocycles. The van der Waals surface area contributed by atoms with E-state index in [1.54, 1.807) is 6.26 Å². The van der Waals surface area contributed by atoms with Crippen molar-refractivity contribution in [1.82, 2.24) is 0 Å². The lowest BCUT2D eigenvalue weighted by Gasteiger charge is -2.11. The molecule has 0 aliphatic carbocycles. The van der Waals surface area contributed by atoms with Gasteiger partial charge in [-0.25, -0.2) is 0 Å². The first-order valence-electron chi connectivity index (χ1n) is 5.19. The Morgan fingerprint density at radius 2 is 2.29 bits per heavy atom. The fourth-order valence-electron chi connectivity index (χ4n) is 1.41. The zero-order valence-corrected chi connectivity index (χ0v) is 8.95. The normalized spacial score (nSPS) is 13.1. The first-order chi connectivity index (χ1) is 6.79. The van der Waals surface area contributed by atoms with Crippen LogP contribution in [0.2, 0.25) is 0 Å². The number of furan rings is 1. The van der Waals surface area contributed by atoms with E-state index in [1.807, 2.05) is 6.07 Å². The highest BCUT2D eigenvalue weighted by atomic mass is 16.5. The lowest BCUT2D eigenvalue weighted by Crippen LogP contribution is -2.18. The molecule has 14 heavy (non-hydrogen) atoms. The maximum Gasteiger partial charge on any atom is 0.108 e. The van der Waals surface area contributed by atoms with Gasteiger partial charge in [-0.15, -0.1) is 0 Å². The average Bonchev–Trinajstić information content (AvgIpc) is 2.65. The molecular weight excluding hydrogens is 178 g/mol. The van der Waals surface area contributed by atoms with E-state index < -0.39 is 0 Å². The van der Waals surface area contributed by atoms with Crippen LogP contribution >= 0.6 is 0 Å². The number of hydrogen-bond donors (Lipinski definition) is 1. The highest BCUT2D eigenvalue weighted by Crippen LogP contribution is 2.18. The van der Waals surface area contributed by atoms with Gasteiger partial charge in [0.2, 0.25) is 0 Å². The van der Waals surface area contributed by atoms with Crippen molar-refractivity contribution >= 4 is 0 Å². The van der Waals surface area contributed by atoms with E-state index in [2.05, 4.69) is 13.8 Å². The van der Waals surface area contributed by atoms with Crippen molar-refractivity contribution in [3.63, 3.8) is 0 Å². The summed E-state index contributed by atoms with van der Waals surface area (Å²) >= 11 is 0. The number of nitrogens with two attached hydrogens (primary N) is 1. The Morgan fingerprint density at radius 3 is 2.93 bits per heavy atom. The van der Waals surface area contributed by atoms with Gasteiger partial charge >= 0.3 is 0 Å². The Hall–Kier alpha value is -0.800. The Bertz CT molecular complexity index is 258. The molecule has 2 N–H and O–H groups in total. The summed E-state index contributed by atoms with van der Waals surface area (Å²) in [5, 5.41) is 0. The molecule has 0 bridgehead atoms. The van der Waals surface area contributed by atoms with Gasteiger partial charge in [0.1, 0.15) is 5.76 Å². The van der Waals surface area contributed by atoms with E-state index in [-0.39, 0.29) is 6.04 Å². The highest BCUT2D eigenvalue weighted by Gasteiger charge is 2.12. The first-order valence-corrected chi connectivity index (χ1v) is 5.19. The van der Waals surface area contributed by atoms with Crippen LogP contribution in [0.15, 0.2) is 16.7 Å². The van der Waals surface area contributed by atoms with Gasteiger partial charge in [0.05, 0.1) is 18.9 Å². The van der Waals surface area contributed by atoms with E-state index >= 15 is 0 Å². The second-order valence-corrected chi connectivity index (χ2v) is 3.33. The van der Waals surface area contributed by atoms with Crippen molar-refractivity contribution in [1.29, 1.82) is 0 Å². The minimum Gasteiger partial charge on any atom is -0.469 e. The van der Waals surface area contributed by atoms with Crippen molar-refractivity contribution in [2.24, 2.45) is 5.73 Å². The Labute approximate surface area is 85.2 Å². The van der Waals surface area contributed by atoms with Gasteiger partial charge < -0.3 is 14.9 Å². The second kappa shape index (κ2) is 5.83. The molecule has 0 fully saturated rings. The van der Waals surface area contributed by atoms with E-state index in [1.165, 1.54) is 0 Å². The predicted molar refractivity (Wildman–Crippen MR) is 56.1 cm³/mol. The molecule has 1 atom stereocenters. The number of ether oxygens (including phenoxy) is 1. The van der Waals surface area contributed by atoms with Crippen LogP contribution in [-0.2, 0) is 11.2 Å². The van der Waals surface area contributed by atoms with Crippen LogP contribution in [0.4, 0.5) is 0 Å². The topological polar surface area (TPSA) is 48.4 Å². The monoisotopic (exact) mass is 197 g/mol. The van der Waals surface area contributed by atoms with E-state index in [4.69, 9.17) is 14.9 Å². The maximum atomic E-state index is 5.97. The van der Waals surface area contributed by atoms with Crippen LogP contribution < -0.4 is 5.73 Å². The van der Waals surface area contributed by atoms with Gasteiger partial charge in [-0.1, -0.05) is 13.8 Å². The van der Waals surface area contributed by atoms with Crippen LogP contribution in [-0.4, -0.2) is 13.2 Å². The largest absolute Gasteiger partial charge is 0.469 e. The summed E-state index contributed by atoms with van der Waals surface area (Å²) in [4.78, 5) is 0. The maximum absolute atomic E-state index is 5.97. The zero-order valence-electron chi connectivity index (χ0n) is 8.95. The van der Waals surface area contributed by atoms with Gasteiger partial charge in [-0.2, -0.15) is 0 Å². The van der Waals surface area contributed by atoms with Crippen molar-refractivity contribution in [3.05, 3.63) is 23.7 Å². The van der Waals surface area contributed by atoms with Crippen LogP contribution in [0.25, 0.3) is 0 Å². The molecule has 1 unspecified atom stereocenters. The minimum atomic E-state index is -0.0600. The Kier molecular flexibility index (Phi) is 4.70. The molecule has 0 aliphatic heterocycles. The molecule has 0 spiro atoms. The molecule has 3 nitrogen and oxygen atoms in total. The smallest absolute Gasteiger partial charge is 0.108 e. The summed E-state index contributed by atoms with van der Waals surface area (Å²) in [5.74, 6) is 0.970. The van der Waals surface area contributed by atoms with Crippen molar-refractivity contribution in [2.75, 3.05) is 13.2 Å². The quantitative estimate of drug-likeness (QED) is 0.712. The summed E-state index contributed by atoms with van der Waals surface area (Å²) in [6.45, 7) is 5.48. The SMILES string of the molecule is CCCOCC(N)c1ccoc1CC. The summed E-state index contributed by atoms with van der Waals surface area (Å²) < 4.78 is 10.7. The van der Waals surface area contributed by atoms with Crippen LogP contribution in [0.5, 0.6) is 0 Å². The van der Waals surface area contributed by atoms with Gasteiger partial charge in [0.25, 0.3) is 0 Å². The zero-order chi connectivity index (χ0) is 10.4. The van der Waals surface area contributed by atoms with Gasteiger partial charge in [-0.3, -0.25) is 0 Å². The first kappa shape index (κ1) is 11.3. The third-order valence-electron chi connectivity index (χ3n) is 2.15. The summed E-state index contributed by atoms with van der Waals surface area (Å²) in [5.41, 5.74) is 7.04. The van der Waals surface area contributed by atoms with Crippen LogP contribution in [0.3, 0.4) is 0 Å². The van der Waals surface area contributed by atoms with Gasteiger partial charge in [-0.05, 0) is 12.5 Å². The van der Waals surface area contributed by atoms with E-state index in [0.717, 1.165) is 30.8 Å². The van der Waals surface area contributed by atoms with Crippen molar-refractivity contribution < 1.29 is 9.15 Å². The molecule has 0 radical (unpaired) electrons. The number of aryl methyl sites for hydroxylation is 1. The van der Waals surface area contributed by atoms with E-state index in [9.17, 15) is 0 Å². The molecule has 1 rings (SSSR count). The summed E-state index contributed by atoms with van der Waals surface area (Å²) in [6, 6.07) is 1.87. The number of hydrogen-bond acceptors (Lipinski definition) is 3. The minimum absolute atomic E-state index is 0.0600. The summed E-state index contributed by atoms with van der Waals surface area (Å²) in [7, 11) is 0. The Morgan fingerprint density at radius 1 is 1.50 bits per heavy atom. The molecular formula is C11H19NO2. The van der Waals surface area contributed by atoms with Gasteiger partial charge in [0, 0.05) is 18.6 Å². The molecule has 1 aromatic heterocycles. The molecule has 1 aromatic rings. The molecule has 0 aromatic carbocycles. The number of rotatable bonds is 6. The van der Waals surface area contributed by atoms with Crippen molar-refractivity contribution in [2.45, 2.75) is 32.7 Å². The predicted octanol–water partition coefficient (Wildman–Crippen LogP) is 2.27. The third-order valence-corrected chi connectivity index (χ3v) is 2.15. The van der Waals surface area contributed by atoms with E-state index in [0.29, 0.717) is 6.61 Å². The molecule has 3 heteroatoms. The fourth-order valence-corrected chi connectivity index (χ4v) is 1.41. The molecule has 0 amide bonds.